The Bertz CT molecular complexity index is 463. The summed E-state index contributed by atoms with van der Waals surface area (Å²) in [7, 11) is 1.43. The van der Waals surface area contributed by atoms with Gasteiger partial charge in [0.15, 0.2) is 0 Å². The number of thiophene rings is 1. The second kappa shape index (κ2) is 4.64. The molecule has 0 aromatic carbocycles. The smallest absolute Gasteiger partial charge is 0.348 e. The number of hydrogen-bond acceptors (Lipinski definition) is 5. The normalized spacial score (nSPS) is 21.6. The van der Waals surface area contributed by atoms with Crippen molar-refractivity contribution < 1.29 is 14.3 Å². The molecule has 0 atom stereocenters. The molecule has 3 rings (SSSR count). The maximum atomic E-state index is 11.6. The van der Waals surface area contributed by atoms with Crippen LogP contribution in [0.25, 0.3) is 0 Å². The zero-order valence-corrected chi connectivity index (χ0v) is 11.3. The number of nitrogens with one attached hydrogen (secondary N) is 1. The summed E-state index contributed by atoms with van der Waals surface area (Å²) in [6.45, 7) is 2.71. The van der Waals surface area contributed by atoms with Crippen molar-refractivity contribution in [2.75, 3.05) is 26.8 Å². The van der Waals surface area contributed by atoms with E-state index in [0.717, 1.165) is 39.0 Å². The van der Waals surface area contributed by atoms with E-state index in [0.29, 0.717) is 4.88 Å². The molecule has 2 aliphatic rings. The molecule has 18 heavy (non-hydrogen) atoms. The molecule has 1 aromatic heterocycles. The largest absolute Gasteiger partial charge is 0.465 e. The summed E-state index contributed by atoms with van der Waals surface area (Å²) in [5, 5.41) is 3.36. The molecule has 0 bridgehead atoms. The first kappa shape index (κ1) is 12.1. The second-order valence-electron chi connectivity index (χ2n) is 4.78. The first-order valence-corrected chi connectivity index (χ1v) is 7.13. The second-order valence-corrected chi connectivity index (χ2v) is 5.92. The molecule has 1 spiro atoms. The summed E-state index contributed by atoms with van der Waals surface area (Å²) in [6, 6.07) is 1.98. The van der Waals surface area contributed by atoms with Crippen LogP contribution in [0.3, 0.4) is 0 Å². The highest BCUT2D eigenvalue weighted by Gasteiger charge is 2.40. The van der Waals surface area contributed by atoms with Crippen molar-refractivity contribution in [2.24, 2.45) is 0 Å². The SMILES string of the molecule is COC(=O)c1cc2c(s1)CCOC21CCNCC1. The molecule has 4 nitrogen and oxygen atoms in total. The van der Waals surface area contributed by atoms with Crippen LogP contribution >= 0.6 is 11.3 Å². The minimum Gasteiger partial charge on any atom is -0.465 e. The summed E-state index contributed by atoms with van der Waals surface area (Å²) in [4.78, 5) is 13.6. The van der Waals surface area contributed by atoms with E-state index in [-0.39, 0.29) is 11.6 Å². The molecule has 0 saturated carbocycles. The van der Waals surface area contributed by atoms with Crippen LogP contribution in [0.1, 0.15) is 33.0 Å². The van der Waals surface area contributed by atoms with E-state index in [1.807, 2.05) is 6.07 Å². The minimum absolute atomic E-state index is 0.165. The Morgan fingerprint density at radius 1 is 1.50 bits per heavy atom. The summed E-state index contributed by atoms with van der Waals surface area (Å²) < 4.78 is 10.9. The molecule has 3 heterocycles. The van der Waals surface area contributed by atoms with Gasteiger partial charge in [-0.05, 0) is 37.6 Å². The van der Waals surface area contributed by atoms with E-state index in [4.69, 9.17) is 9.47 Å². The number of methoxy groups -OCH3 is 1. The van der Waals surface area contributed by atoms with Crippen LogP contribution in [0, 0.1) is 0 Å². The van der Waals surface area contributed by atoms with Gasteiger partial charge in [0, 0.05) is 11.3 Å². The van der Waals surface area contributed by atoms with Gasteiger partial charge in [-0.1, -0.05) is 0 Å². The van der Waals surface area contributed by atoms with Crippen molar-refractivity contribution in [2.45, 2.75) is 24.9 Å². The Kier molecular flexibility index (Phi) is 3.13. The molecule has 2 aliphatic heterocycles. The van der Waals surface area contributed by atoms with Crippen molar-refractivity contribution in [3.05, 3.63) is 21.4 Å². The zero-order chi connectivity index (χ0) is 12.6. The maximum Gasteiger partial charge on any atom is 0.348 e. The average Bonchev–Trinajstić information content (AvgIpc) is 2.85. The van der Waals surface area contributed by atoms with Crippen molar-refractivity contribution in [3.63, 3.8) is 0 Å². The van der Waals surface area contributed by atoms with Gasteiger partial charge >= 0.3 is 5.97 Å². The predicted octanol–water partition coefficient (Wildman–Crippen LogP) is 1.69. The first-order valence-electron chi connectivity index (χ1n) is 6.31. The fourth-order valence-electron chi connectivity index (χ4n) is 2.86. The fraction of sp³-hybridized carbons (Fsp3) is 0.615. The highest BCUT2D eigenvalue weighted by molar-refractivity contribution is 7.14. The molecule has 5 heteroatoms. The quantitative estimate of drug-likeness (QED) is 0.787. The highest BCUT2D eigenvalue weighted by Crippen LogP contribution is 2.43. The molecule has 1 saturated heterocycles. The molecule has 1 aromatic rings. The Balaban J connectivity index is 1.99. The third kappa shape index (κ3) is 1.86. The van der Waals surface area contributed by atoms with E-state index in [2.05, 4.69) is 5.32 Å². The Labute approximate surface area is 110 Å². The Hall–Kier alpha value is -0.910. The van der Waals surface area contributed by atoms with Gasteiger partial charge < -0.3 is 14.8 Å². The van der Waals surface area contributed by atoms with E-state index < -0.39 is 0 Å². The summed E-state index contributed by atoms with van der Waals surface area (Å²) in [5.74, 6) is -0.238. The summed E-state index contributed by atoms with van der Waals surface area (Å²) in [6.07, 6.45) is 2.88. The van der Waals surface area contributed by atoms with Gasteiger partial charge in [-0.15, -0.1) is 11.3 Å². The standard InChI is InChI=1S/C13H17NO3S/c1-16-12(15)11-8-9-10(18-11)2-7-17-13(9)3-5-14-6-4-13/h8,14H,2-7H2,1H3. The molecular formula is C13H17NO3S. The fourth-order valence-corrected chi connectivity index (χ4v) is 4.01. The lowest BCUT2D eigenvalue weighted by Gasteiger charge is -2.40. The predicted molar refractivity (Wildman–Crippen MR) is 69.1 cm³/mol. The molecule has 0 unspecified atom stereocenters. The molecule has 0 aliphatic carbocycles. The number of carbonyl (C=O) groups is 1. The van der Waals surface area contributed by atoms with Crippen molar-refractivity contribution in [1.29, 1.82) is 0 Å². The monoisotopic (exact) mass is 267 g/mol. The van der Waals surface area contributed by atoms with Crippen molar-refractivity contribution in [3.8, 4) is 0 Å². The van der Waals surface area contributed by atoms with Gasteiger partial charge in [0.2, 0.25) is 0 Å². The van der Waals surface area contributed by atoms with Gasteiger partial charge in [-0.25, -0.2) is 4.79 Å². The van der Waals surface area contributed by atoms with Crippen LogP contribution in [0.5, 0.6) is 0 Å². The average molecular weight is 267 g/mol. The molecule has 0 radical (unpaired) electrons. The number of esters is 1. The van der Waals surface area contributed by atoms with Crippen LogP contribution in [0.15, 0.2) is 6.07 Å². The lowest BCUT2D eigenvalue weighted by atomic mass is 9.83. The van der Waals surface area contributed by atoms with E-state index >= 15 is 0 Å². The number of fused-ring (bicyclic) bond motifs is 2. The number of rotatable bonds is 1. The number of ether oxygens (including phenoxy) is 2. The van der Waals surface area contributed by atoms with Gasteiger partial charge in [-0.2, -0.15) is 0 Å². The third-order valence-electron chi connectivity index (χ3n) is 3.81. The molecular weight excluding hydrogens is 250 g/mol. The van der Waals surface area contributed by atoms with Gasteiger partial charge in [0.25, 0.3) is 0 Å². The third-order valence-corrected chi connectivity index (χ3v) is 4.98. The van der Waals surface area contributed by atoms with Crippen LogP contribution in [-0.2, 0) is 21.5 Å². The van der Waals surface area contributed by atoms with Gasteiger partial charge in [-0.3, -0.25) is 0 Å². The van der Waals surface area contributed by atoms with Gasteiger partial charge in [0.05, 0.1) is 19.3 Å². The first-order chi connectivity index (χ1) is 8.75. The van der Waals surface area contributed by atoms with Crippen LogP contribution < -0.4 is 5.32 Å². The molecule has 1 fully saturated rings. The number of piperidine rings is 1. The maximum absolute atomic E-state index is 11.6. The summed E-state index contributed by atoms with van der Waals surface area (Å²) in [5.41, 5.74) is 1.06. The molecule has 1 N–H and O–H groups in total. The van der Waals surface area contributed by atoms with E-state index in [1.165, 1.54) is 17.6 Å². The van der Waals surface area contributed by atoms with Crippen LogP contribution in [0.2, 0.25) is 0 Å². The Morgan fingerprint density at radius 3 is 3.00 bits per heavy atom. The van der Waals surface area contributed by atoms with Crippen LogP contribution in [0.4, 0.5) is 0 Å². The van der Waals surface area contributed by atoms with Gasteiger partial charge in [0.1, 0.15) is 4.88 Å². The topological polar surface area (TPSA) is 47.6 Å². The number of carbonyl (C=O) groups excluding carboxylic acids is 1. The lowest BCUT2D eigenvalue weighted by Crippen LogP contribution is -2.44. The highest BCUT2D eigenvalue weighted by atomic mass is 32.1. The summed E-state index contributed by atoms with van der Waals surface area (Å²) >= 11 is 1.56. The zero-order valence-electron chi connectivity index (χ0n) is 10.5. The van der Waals surface area contributed by atoms with E-state index in [1.54, 1.807) is 11.3 Å². The minimum atomic E-state index is -0.238. The van der Waals surface area contributed by atoms with Crippen LogP contribution in [-0.4, -0.2) is 32.8 Å². The van der Waals surface area contributed by atoms with E-state index in [9.17, 15) is 4.79 Å². The van der Waals surface area contributed by atoms with Crippen molar-refractivity contribution >= 4 is 17.3 Å². The Morgan fingerprint density at radius 2 is 2.28 bits per heavy atom. The molecule has 98 valence electrons. The number of hydrogen-bond donors (Lipinski definition) is 1. The van der Waals surface area contributed by atoms with Crippen molar-refractivity contribution in [1.82, 2.24) is 5.32 Å². The lowest BCUT2D eigenvalue weighted by molar-refractivity contribution is -0.0792. The molecule has 0 amide bonds.